The maximum Gasteiger partial charge on any atom is 0.308 e. The minimum atomic E-state index is -4.77. The molecule has 0 aliphatic rings. The van der Waals surface area contributed by atoms with Crippen LogP contribution in [0.15, 0.2) is 47.6 Å². The van der Waals surface area contributed by atoms with Crippen molar-refractivity contribution in [2.45, 2.75) is 18.8 Å². The molecule has 0 saturated heterocycles. The number of hydrogen-bond donors (Lipinski definition) is 0. The van der Waals surface area contributed by atoms with Crippen molar-refractivity contribution in [2.24, 2.45) is 0 Å². The van der Waals surface area contributed by atoms with E-state index in [1.165, 1.54) is 0 Å². The molecule has 0 unspecified atom stereocenters. The zero-order valence-electron chi connectivity index (χ0n) is 9.90. The summed E-state index contributed by atoms with van der Waals surface area (Å²) in [5.74, 6) is -20.5. The van der Waals surface area contributed by atoms with Gasteiger partial charge in [0, 0.05) is 12.8 Å². The quantitative estimate of drug-likeness (QED) is 0.398. The summed E-state index contributed by atoms with van der Waals surface area (Å²) in [4.78, 5) is 0. The van der Waals surface area contributed by atoms with Crippen molar-refractivity contribution in [2.75, 3.05) is 0 Å². The highest BCUT2D eigenvalue weighted by Crippen LogP contribution is 2.37. The molecule has 0 radical (unpaired) electrons. The lowest BCUT2D eigenvalue weighted by molar-refractivity contribution is 0.00489. The van der Waals surface area contributed by atoms with Gasteiger partial charge in [0.25, 0.3) is 0 Å². The molecular weight excluding hydrogens is 322 g/mol. The van der Waals surface area contributed by atoms with E-state index >= 15 is 0 Å². The summed E-state index contributed by atoms with van der Waals surface area (Å²) in [5, 5.41) is 0. The molecule has 0 aromatic rings. The zero-order valence-corrected chi connectivity index (χ0v) is 9.90. The Kier molecular flexibility index (Phi) is 6.71. The molecule has 10 heteroatoms. The molecule has 0 aliphatic heterocycles. The number of halogens is 10. The monoisotopic (exact) mass is 328 g/mol. The fraction of sp³-hybridized carbons (Fsp3) is 0.273. The Morgan fingerprint density at radius 3 is 1.62 bits per heavy atom. The van der Waals surface area contributed by atoms with E-state index in [0.717, 1.165) is 0 Å². The maximum atomic E-state index is 13.0. The molecule has 0 aliphatic carbocycles. The average molecular weight is 328 g/mol. The smallest absolute Gasteiger partial charge is 0.208 e. The van der Waals surface area contributed by atoms with Crippen molar-refractivity contribution in [1.29, 1.82) is 0 Å². The van der Waals surface area contributed by atoms with Crippen LogP contribution in [0, 0.1) is 0 Å². The van der Waals surface area contributed by atoms with E-state index in [-0.39, 0.29) is 0 Å². The van der Waals surface area contributed by atoms with Crippen molar-refractivity contribution in [3.63, 3.8) is 0 Å². The molecule has 0 atom stereocenters. The SMILES string of the molecule is C=C(F)/C(F)=C(\F)C(F)(F)CC/C(F)=C(\F)C(F)=C(F)F. The molecule has 0 N–H and O–H groups in total. The Bertz CT molecular complexity index is 507. The molecule has 0 rings (SSSR count). The van der Waals surface area contributed by atoms with Gasteiger partial charge in [0.15, 0.2) is 17.5 Å². The lowest BCUT2D eigenvalue weighted by Gasteiger charge is -2.14. The van der Waals surface area contributed by atoms with Crippen molar-refractivity contribution < 1.29 is 43.9 Å². The van der Waals surface area contributed by atoms with E-state index in [1.54, 1.807) is 0 Å². The van der Waals surface area contributed by atoms with Gasteiger partial charge in [-0.3, -0.25) is 0 Å². The van der Waals surface area contributed by atoms with E-state index in [2.05, 4.69) is 6.58 Å². The molecule has 0 spiro atoms. The van der Waals surface area contributed by atoms with Crippen LogP contribution < -0.4 is 0 Å². The van der Waals surface area contributed by atoms with Crippen LogP contribution in [0.25, 0.3) is 0 Å². The fourth-order valence-corrected chi connectivity index (χ4v) is 0.968. The Hall–Kier alpha value is -1.74. The highest BCUT2D eigenvalue weighted by atomic mass is 19.3. The van der Waals surface area contributed by atoms with Gasteiger partial charge in [0.2, 0.25) is 11.7 Å². The molecule has 0 saturated carbocycles. The molecule has 0 nitrogen and oxygen atoms in total. The minimum Gasteiger partial charge on any atom is -0.208 e. The van der Waals surface area contributed by atoms with Gasteiger partial charge in [-0.1, -0.05) is 6.58 Å². The van der Waals surface area contributed by atoms with E-state index in [9.17, 15) is 43.9 Å². The Morgan fingerprint density at radius 2 is 1.24 bits per heavy atom. The predicted molar refractivity (Wildman–Crippen MR) is 53.3 cm³/mol. The second kappa shape index (κ2) is 7.32. The van der Waals surface area contributed by atoms with E-state index in [4.69, 9.17) is 0 Å². The number of alkyl halides is 2. The minimum absolute atomic E-state index is 1.74. The van der Waals surface area contributed by atoms with E-state index < -0.39 is 59.8 Å². The lowest BCUT2D eigenvalue weighted by atomic mass is 10.1. The van der Waals surface area contributed by atoms with Gasteiger partial charge >= 0.3 is 12.0 Å². The van der Waals surface area contributed by atoms with Gasteiger partial charge < -0.3 is 0 Å². The van der Waals surface area contributed by atoms with E-state index in [1.807, 2.05) is 0 Å². The van der Waals surface area contributed by atoms with Gasteiger partial charge in [-0.15, -0.1) is 0 Å². The highest BCUT2D eigenvalue weighted by Gasteiger charge is 2.39. The summed E-state index contributed by atoms with van der Waals surface area (Å²) < 4.78 is 124. The Balaban J connectivity index is 5.18. The van der Waals surface area contributed by atoms with Crippen LogP contribution in [-0.2, 0) is 0 Å². The maximum absolute atomic E-state index is 13.0. The van der Waals surface area contributed by atoms with Gasteiger partial charge in [0.1, 0.15) is 5.83 Å². The van der Waals surface area contributed by atoms with Crippen molar-refractivity contribution >= 4 is 0 Å². The summed E-state index contributed by atoms with van der Waals surface area (Å²) in [6, 6.07) is 0. The van der Waals surface area contributed by atoms with Crippen LogP contribution in [0.3, 0.4) is 0 Å². The fourth-order valence-electron chi connectivity index (χ4n) is 0.968. The topological polar surface area (TPSA) is 0 Å². The van der Waals surface area contributed by atoms with Crippen molar-refractivity contribution in [1.82, 2.24) is 0 Å². The predicted octanol–water partition coefficient (Wildman–Crippen LogP) is 6.26. The van der Waals surface area contributed by atoms with Crippen LogP contribution in [0.2, 0.25) is 0 Å². The van der Waals surface area contributed by atoms with Crippen LogP contribution in [0.1, 0.15) is 12.8 Å². The summed E-state index contributed by atoms with van der Waals surface area (Å²) in [5.41, 5.74) is 0. The van der Waals surface area contributed by atoms with Gasteiger partial charge in [-0.05, 0) is 0 Å². The Labute approximate surface area is 111 Å². The molecular formula is C11H6F10. The average Bonchev–Trinajstić information content (AvgIpc) is 2.40. The summed E-state index contributed by atoms with van der Waals surface area (Å²) in [6.07, 6.45) is -6.93. The third-order valence-corrected chi connectivity index (χ3v) is 2.01. The molecule has 0 fully saturated rings. The van der Waals surface area contributed by atoms with Gasteiger partial charge in [0.05, 0.1) is 0 Å². The molecule has 21 heavy (non-hydrogen) atoms. The molecule has 0 amide bonds. The zero-order chi connectivity index (χ0) is 17.0. The first-order valence-electron chi connectivity index (χ1n) is 4.95. The molecule has 0 aromatic carbocycles. The third-order valence-electron chi connectivity index (χ3n) is 2.01. The summed E-state index contributed by atoms with van der Waals surface area (Å²) >= 11 is 0. The van der Waals surface area contributed by atoms with Crippen molar-refractivity contribution in [3.8, 4) is 0 Å². The first kappa shape index (κ1) is 19.3. The number of hydrogen-bond acceptors (Lipinski definition) is 0. The molecule has 0 heterocycles. The summed E-state index contributed by atoms with van der Waals surface area (Å²) in [6.45, 7) is 2.20. The molecule has 120 valence electrons. The van der Waals surface area contributed by atoms with Crippen LogP contribution in [0.5, 0.6) is 0 Å². The lowest BCUT2D eigenvalue weighted by Crippen LogP contribution is -2.18. The van der Waals surface area contributed by atoms with Crippen molar-refractivity contribution in [3.05, 3.63) is 47.6 Å². The van der Waals surface area contributed by atoms with Gasteiger partial charge in [-0.2, -0.15) is 22.0 Å². The summed E-state index contributed by atoms with van der Waals surface area (Å²) in [7, 11) is 0. The normalized spacial score (nSPS) is 14.4. The van der Waals surface area contributed by atoms with Crippen LogP contribution >= 0.6 is 0 Å². The van der Waals surface area contributed by atoms with E-state index in [0.29, 0.717) is 0 Å². The standard InChI is InChI=1S/C11H6F10/c1-4(12)6(14)9(17)11(20,21)3-2-5(13)7(15)8(16)10(18)19/h1-3H2/b7-5+,9-6+. The van der Waals surface area contributed by atoms with Gasteiger partial charge in [-0.25, -0.2) is 22.0 Å². The second-order valence-electron chi connectivity index (χ2n) is 3.53. The second-order valence-corrected chi connectivity index (χ2v) is 3.53. The van der Waals surface area contributed by atoms with Crippen LogP contribution in [-0.4, -0.2) is 5.92 Å². The first-order chi connectivity index (χ1) is 9.41. The van der Waals surface area contributed by atoms with Crippen LogP contribution in [0.4, 0.5) is 43.9 Å². The molecule has 0 bridgehead atoms. The third kappa shape index (κ3) is 5.27. The Morgan fingerprint density at radius 1 is 0.762 bits per heavy atom. The highest BCUT2D eigenvalue weighted by molar-refractivity contribution is 5.25. The molecule has 0 aromatic heterocycles. The number of allylic oxidation sites excluding steroid dienone is 6. The largest absolute Gasteiger partial charge is 0.308 e. The number of rotatable bonds is 6. The first-order valence-corrected chi connectivity index (χ1v) is 4.95.